The number of unbranched alkanes of at least 4 members (excludes halogenated alkanes) is 1. The monoisotopic (exact) mass is 398 g/mol. The van der Waals surface area contributed by atoms with Crippen LogP contribution in [0.15, 0.2) is 46.9 Å². The third-order valence-corrected chi connectivity index (χ3v) is 6.13. The van der Waals surface area contributed by atoms with Gasteiger partial charge in [-0.25, -0.2) is 4.98 Å². The SMILES string of the molecule is O=C1c2ccccc2C(=O)N1CCCCSc1n[nH]c(Cc2cccs2)n1. The van der Waals surface area contributed by atoms with Crippen LogP contribution in [0.3, 0.4) is 0 Å². The molecule has 0 spiro atoms. The van der Waals surface area contributed by atoms with Gasteiger partial charge in [-0.05, 0) is 36.4 Å². The predicted molar refractivity (Wildman–Crippen MR) is 105 cm³/mol. The molecule has 1 aromatic carbocycles. The number of hydrogen-bond acceptors (Lipinski definition) is 6. The maximum atomic E-state index is 12.3. The van der Waals surface area contributed by atoms with E-state index in [-0.39, 0.29) is 11.8 Å². The van der Waals surface area contributed by atoms with Crippen LogP contribution < -0.4 is 0 Å². The molecule has 2 amide bonds. The fraction of sp³-hybridized carbons (Fsp3) is 0.263. The number of nitrogens with one attached hydrogen (secondary N) is 1. The van der Waals surface area contributed by atoms with Gasteiger partial charge in [0, 0.05) is 23.6 Å². The summed E-state index contributed by atoms with van der Waals surface area (Å²) < 4.78 is 0. The fourth-order valence-corrected chi connectivity index (χ4v) is 4.50. The number of hydrogen-bond donors (Lipinski definition) is 1. The summed E-state index contributed by atoms with van der Waals surface area (Å²) in [7, 11) is 0. The highest BCUT2D eigenvalue weighted by molar-refractivity contribution is 7.99. The molecule has 138 valence electrons. The minimum absolute atomic E-state index is 0.185. The fourth-order valence-electron chi connectivity index (χ4n) is 2.98. The Bertz CT molecular complexity index is 917. The van der Waals surface area contributed by atoms with Crippen molar-refractivity contribution >= 4 is 34.9 Å². The minimum Gasteiger partial charge on any atom is -0.274 e. The van der Waals surface area contributed by atoms with E-state index in [4.69, 9.17) is 0 Å². The second-order valence-corrected chi connectivity index (χ2v) is 8.28. The van der Waals surface area contributed by atoms with Gasteiger partial charge in [0.2, 0.25) is 5.16 Å². The van der Waals surface area contributed by atoms with Gasteiger partial charge in [-0.15, -0.1) is 16.4 Å². The Morgan fingerprint density at radius 3 is 2.52 bits per heavy atom. The van der Waals surface area contributed by atoms with Crippen LogP contribution in [0.1, 0.15) is 44.3 Å². The molecule has 4 rings (SSSR count). The number of nitrogens with zero attached hydrogens (tertiary/aromatic N) is 3. The van der Waals surface area contributed by atoms with Crippen LogP contribution in [0.4, 0.5) is 0 Å². The number of rotatable bonds is 8. The number of benzene rings is 1. The highest BCUT2D eigenvalue weighted by atomic mass is 32.2. The molecule has 0 bridgehead atoms. The van der Waals surface area contributed by atoms with Crippen LogP contribution in [0.2, 0.25) is 0 Å². The number of thiophene rings is 1. The second-order valence-electron chi connectivity index (χ2n) is 6.18. The van der Waals surface area contributed by atoms with Crippen LogP contribution in [-0.2, 0) is 6.42 Å². The molecule has 0 aliphatic carbocycles. The van der Waals surface area contributed by atoms with E-state index in [1.807, 2.05) is 6.07 Å². The van der Waals surface area contributed by atoms with Crippen LogP contribution >= 0.6 is 23.1 Å². The lowest BCUT2D eigenvalue weighted by atomic mass is 10.1. The zero-order chi connectivity index (χ0) is 18.6. The smallest absolute Gasteiger partial charge is 0.261 e. The second kappa shape index (κ2) is 8.06. The Kier molecular flexibility index (Phi) is 5.35. The normalized spacial score (nSPS) is 13.4. The quantitative estimate of drug-likeness (QED) is 0.356. The summed E-state index contributed by atoms with van der Waals surface area (Å²) in [5, 5.41) is 10.0. The molecule has 0 saturated carbocycles. The summed E-state index contributed by atoms with van der Waals surface area (Å²) in [6, 6.07) is 11.1. The van der Waals surface area contributed by atoms with Gasteiger partial charge in [-0.1, -0.05) is 30.0 Å². The van der Waals surface area contributed by atoms with Gasteiger partial charge < -0.3 is 0 Å². The Balaban J connectivity index is 1.21. The number of fused-ring (bicyclic) bond motifs is 1. The number of thioether (sulfide) groups is 1. The predicted octanol–water partition coefficient (Wildman–Crippen LogP) is 3.63. The number of H-pyrrole nitrogens is 1. The van der Waals surface area contributed by atoms with Crippen molar-refractivity contribution in [1.29, 1.82) is 0 Å². The molecule has 3 heterocycles. The molecule has 2 aromatic heterocycles. The molecule has 27 heavy (non-hydrogen) atoms. The lowest BCUT2D eigenvalue weighted by Gasteiger charge is -2.13. The Morgan fingerprint density at radius 2 is 1.81 bits per heavy atom. The average Bonchev–Trinajstić information content (AvgIpc) is 3.40. The molecule has 0 radical (unpaired) electrons. The first-order valence-corrected chi connectivity index (χ1v) is 10.6. The van der Waals surface area contributed by atoms with E-state index < -0.39 is 0 Å². The Hall–Kier alpha value is -2.45. The molecule has 0 atom stereocenters. The molecule has 0 unspecified atom stereocenters. The summed E-state index contributed by atoms with van der Waals surface area (Å²) in [6.07, 6.45) is 2.42. The zero-order valence-corrected chi connectivity index (χ0v) is 16.2. The van der Waals surface area contributed by atoms with Gasteiger partial charge in [-0.3, -0.25) is 19.6 Å². The van der Waals surface area contributed by atoms with E-state index in [2.05, 4.69) is 26.6 Å². The number of aromatic nitrogens is 3. The summed E-state index contributed by atoms with van der Waals surface area (Å²) in [4.78, 5) is 31.7. The highest BCUT2D eigenvalue weighted by Gasteiger charge is 2.34. The first-order chi connectivity index (χ1) is 13.2. The van der Waals surface area contributed by atoms with Gasteiger partial charge in [-0.2, -0.15) is 0 Å². The zero-order valence-electron chi connectivity index (χ0n) is 14.6. The maximum absolute atomic E-state index is 12.3. The highest BCUT2D eigenvalue weighted by Crippen LogP contribution is 2.23. The number of aromatic amines is 1. The van der Waals surface area contributed by atoms with Crippen LogP contribution in [-0.4, -0.2) is 44.2 Å². The van der Waals surface area contributed by atoms with E-state index in [1.165, 1.54) is 9.78 Å². The molecule has 1 aliphatic rings. The molecule has 3 aromatic rings. The van der Waals surface area contributed by atoms with Crippen molar-refractivity contribution in [2.45, 2.75) is 24.4 Å². The third kappa shape index (κ3) is 3.96. The molecule has 6 nitrogen and oxygen atoms in total. The topological polar surface area (TPSA) is 79.0 Å². The van der Waals surface area contributed by atoms with Crippen molar-refractivity contribution in [1.82, 2.24) is 20.1 Å². The van der Waals surface area contributed by atoms with Gasteiger partial charge >= 0.3 is 0 Å². The standard InChI is InChI=1S/C19H18N4O2S2/c24-17-14-7-1-2-8-15(14)18(25)23(17)9-3-4-10-27-19-20-16(21-22-19)12-13-6-5-11-26-13/h1-2,5-8,11H,3-4,9-10,12H2,(H,20,21,22). The number of imide groups is 1. The lowest BCUT2D eigenvalue weighted by molar-refractivity contribution is 0.0652. The summed E-state index contributed by atoms with van der Waals surface area (Å²) in [5.41, 5.74) is 1.02. The van der Waals surface area contributed by atoms with E-state index in [0.717, 1.165) is 36.0 Å². The molecule has 0 saturated heterocycles. The summed E-state index contributed by atoms with van der Waals surface area (Å²) >= 11 is 3.29. The van der Waals surface area contributed by atoms with Crippen molar-refractivity contribution in [2.24, 2.45) is 0 Å². The van der Waals surface area contributed by atoms with Crippen molar-refractivity contribution in [3.63, 3.8) is 0 Å². The summed E-state index contributed by atoms with van der Waals surface area (Å²) in [5.74, 6) is 1.34. The van der Waals surface area contributed by atoms with Crippen LogP contribution in [0.25, 0.3) is 0 Å². The molecule has 0 fully saturated rings. The maximum Gasteiger partial charge on any atom is 0.261 e. The first-order valence-electron chi connectivity index (χ1n) is 8.74. The number of carbonyl (C=O) groups is 2. The minimum atomic E-state index is -0.185. The van der Waals surface area contributed by atoms with E-state index >= 15 is 0 Å². The molecule has 1 aliphatic heterocycles. The number of amides is 2. The average molecular weight is 399 g/mol. The Labute approximate surface area is 165 Å². The molecular weight excluding hydrogens is 380 g/mol. The van der Waals surface area contributed by atoms with Gasteiger partial charge in [0.25, 0.3) is 11.8 Å². The first kappa shape index (κ1) is 17.9. The molecular formula is C19H18N4O2S2. The molecule has 8 heteroatoms. The van der Waals surface area contributed by atoms with Gasteiger partial charge in [0.15, 0.2) is 0 Å². The number of carbonyl (C=O) groups excluding carboxylic acids is 2. The Morgan fingerprint density at radius 1 is 1.04 bits per heavy atom. The van der Waals surface area contributed by atoms with E-state index in [9.17, 15) is 9.59 Å². The third-order valence-electron chi connectivity index (χ3n) is 4.32. The van der Waals surface area contributed by atoms with Crippen LogP contribution in [0.5, 0.6) is 0 Å². The van der Waals surface area contributed by atoms with Crippen molar-refractivity contribution in [3.05, 3.63) is 63.6 Å². The largest absolute Gasteiger partial charge is 0.274 e. The van der Waals surface area contributed by atoms with Gasteiger partial charge in [0.05, 0.1) is 11.1 Å². The van der Waals surface area contributed by atoms with E-state index in [1.54, 1.807) is 47.4 Å². The van der Waals surface area contributed by atoms with E-state index in [0.29, 0.717) is 17.7 Å². The van der Waals surface area contributed by atoms with Crippen molar-refractivity contribution < 1.29 is 9.59 Å². The van der Waals surface area contributed by atoms with Crippen molar-refractivity contribution in [3.8, 4) is 0 Å². The van der Waals surface area contributed by atoms with Crippen molar-refractivity contribution in [2.75, 3.05) is 12.3 Å². The molecule has 1 N–H and O–H groups in total. The van der Waals surface area contributed by atoms with Crippen LogP contribution in [0, 0.1) is 0 Å². The van der Waals surface area contributed by atoms with Gasteiger partial charge in [0.1, 0.15) is 5.82 Å². The summed E-state index contributed by atoms with van der Waals surface area (Å²) in [6.45, 7) is 0.449. The lowest BCUT2D eigenvalue weighted by Crippen LogP contribution is -2.30.